The van der Waals surface area contributed by atoms with Crippen molar-refractivity contribution in [3.8, 4) is 0 Å². The van der Waals surface area contributed by atoms with Crippen LogP contribution in [0.3, 0.4) is 0 Å². The molecular weight excluding hydrogens is 349 g/mol. The van der Waals surface area contributed by atoms with Crippen molar-refractivity contribution in [3.63, 3.8) is 0 Å². The van der Waals surface area contributed by atoms with Gasteiger partial charge in [-0.25, -0.2) is 4.79 Å². The number of carbonyl (C=O) groups excluding carboxylic acids is 2. The fourth-order valence-corrected chi connectivity index (χ4v) is 2.26. The predicted octanol–water partition coefficient (Wildman–Crippen LogP) is 4.50. The smallest absolute Gasteiger partial charge is 0.331 e. The maximum atomic E-state index is 11.8. The van der Waals surface area contributed by atoms with E-state index in [4.69, 9.17) is 27.9 Å². The van der Waals surface area contributed by atoms with Crippen LogP contribution in [0.25, 0.3) is 6.08 Å². The molecule has 0 unspecified atom stereocenters. The number of ether oxygens (including phenoxy) is 1. The number of hydrogen-bond acceptors (Lipinski definition) is 3. The molecule has 1 N–H and O–H groups in total. The number of halogens is 2. The summed E-state index contributed by atoms with van der Waals surface area (Å²) in [6.45, 7) is 1.41. The molecule has 0 heterocycles. The highest BCUT2D eigenvalue weighted by Gasteiger charge is 2.08. The van der Waals surface area contributed by atoms with Gasteiger partial charge in [0, 0.05) is 21.8 Å². The Morgan fingerprint density at radius 2 is 1.92 bits per heavy atom. The Balaban J connectivity index is 1.85. The topological polar surface area (TPSA) is 55.4 Å². The summed E-state index contributed by atoms with van der Waals surface area (Å²) in [4.78, 5) is 23.5. The van der Waals surface area contributed by atoms with Crippen LogP contribution in [-0.2, 0) is 14.3 Å². The lowest BCUT2D eigenvalue weighted by molar-refractivity contribution is -0.142. The van der Waals surface area contributed by atoms with E-state index in [0.29, 0.717) is 15.7 Å². The molecule has 0 bridgehead atoms. The van der Waals surface area contributed by atoms with Crippen LogP contribution in [0.1, 0.15) is 11.1 Å². The highest BCUT2D eigenvalue weighted by atomic mass is 35.5. The van der Waals surface area contributed by atoms with Crippen LogP contribution in [0, 0.1) is 6.92 Å². The molecule has 4 nitrogen and oxygen atoms in total. The zero-order valence-corrected chi connectivity index (χ0v) is 14.4. The third-order valence-electron chi connectivity index (χ3n) is 3.15. The van der Waals surface area contributed by atoms with Crippen molar-refractivity contribution < 1.29 is 14.3 Å². The van der Waals surface area contributed by atoms with E-state index < -0.39 is 11.9 Å². The molecule has 2 rings (SSSR count). The lowest BCUT2D eigenvalue weighted by Gasteiger charge is -2.09. The Kier molecular flexibility index (Phi) is 6.41. The minimum absolute atomic E-state index is 0.384. The first kappa shape index (κ1) is 18.0. The largest absolute Gasteiger partial charge is 0.452 e. The van der Waals surface area contributed by atoms with Gasteiger partial charge in [0.25, 0.3) is 5.91 Å². The number of esters is 1. The van der Waals surface area contributed by atoms with E-state index in [1.807, 2.05) is 0 Å². The van der Waals surface area contributed by atoms with Gasteiger partial charge in [0.1, 0.15) is 0 Å². The SMILES string of the molecule is Cc1c(Cl)cccc1NC(=O)COC(=O)/C=C/c1cccc(Cl)c1. The molecule has 6 heteroatoms. The van der Waals surface area contributed by atoms with Gasteiger partial charge in [0.2, 0.25) is 0 Å². The summed E-state index contributed by atoms with van der Waals surface area (Å²) < 4.78 is 4.89. The lowest BCUT2D eigenvalue weighted by atomic mass is 10.2. The summed E-state index contributed by atoms with van der Waals surface area (Å²) in [6, 6.07) is 12.2. The summed E-state index contributed by atoms with van der Waals surface area (Å²) in [7, 11) is 0. The molecule has 24 heavy (non-hydrogen) atoms. The molecule has 2 aromatic carbocycles. The Labute approximate surface area is 150 Å². The van der Waals surface area contributed by atoms with Crippen LogP contribution in [0.5, 0.6) is 0 Å². The average Bonchev–Trinajstić information content (AvgIpc) is 2.55. The van der Waals surface area contributed by atoms with Crippen molar-refractivity contribution >= 4 is 46.8 Å². The molecule has 0 saturated carbocycles. The van der Waals surface area contributed by atoms with Crippen molar-refractivity contribution in [2.24, 2.45) is 0 Å². The van der Waals surface area contributed by atoms with Gasteiger partial charge in [0.05, 0.1) is 0 Å². The van der Waals surface area contributed by atoms with Crippen LogP contribution >= 0.6 is 23.2 Å². The van der Waals surface area contributed by atoms with E-state index in [9.17, 15) is 9.59 Å². The normalized spacial score (nSPS) is 10.6. The third kappa shape index (κ3) is 5.41. The van der Waals surface area contributed by atoms with Crippen molar-refractivity contribution in [1.82, 2.24) is 0 Å². The molecule has 124 valence electrons. The molecular formula is C18H15Cl2NO3. The molecule has 0 aliphatic rings. The van der Waals surface area contributed by atoms with Crippen LogP contribution < -0.4 is 5.32 Å². The number of benzene rings is 2. The molecule has 0 radical (unpaired) electrons. The van der Waals surface area contributed by atoms with Crippen LogP contribution in [0.4, 0.5) is 5.69 Å². The minimum Gasteiger partial charge on any atom is -0.452 e. The molecule has 0 aliphatic carbocycles. The molecule has 0 atom stereocenters. The molecule has 0 spiro atoms. The van der Waals surface area contributed by atoms with Crippen molar-refractivity contribution in [3.05, 3.63) is 69.7 Å². The van der Waals surface area contributed by atoms with Crippen LogP contribution in [0.2, 0.25) is 10.0 Å². The maximum Gasteiger partial charge on any atom is 0.331 e. The first-order valence-electron chi connectivity index (χ1n) is 7.11. The summed E-state index contributed by atoms with van der Waals surface area (Å²) in [5, 5.41) is 3.77. The second-order valence-electron chi connectivity index (χ2n) is 4.96. The molecule has 2 aromatic rings. The van der Waals surface area contributed by atoms with Gasteiger partial charge >= 0.3 is 5.97 Å². The predicted molar refractivity (Wildman–Crippen MR) is 96.3 cm³/mol. The first-order valence-corrected chi connectivity index (χ1v) is 7.86. The minimum atomic E-state index is -0.618. The highest BCUT2D eigenvalue weighted by Crippen LogP contribution is 2.22. The van der Waals surface area contributed by atoms with Gasteiger partial charge in [-0.2, -0.15) is 0 Å². The van der Waals surface area contributed by atoms with E-state index in [-0.39, 0.29) is 6.61 Å². The molecule has 1 amide bonds. The second kappa shape index (κ2) is 8.52. The molecule has 0 aliphatic heterocycles. The zero-order valence-electron chi connectivity index (χ0n) is 12.9. The van der Waals surface area contributed by atoms with Gasteiger partial charge in [-0.3, -0.25) is 4.79 Å². The van der Waals surface area contributed by atoms with Gasteiger partial charge in [-0.15, -0.1) is 0 Å². The first-order chi connectivity index (χ1) is 11.5. The number of hydrogen-bond donors (Lipinski definition) is 1. The van der Waals surface area contributed by atoms with E-state index in [1.165, 1.54) is 6.08 Å². The van der Waals surface area contributed by atoms with Gasteiger partial charge in [-0.05, 0) is 48.4 Å². The monoisotopic (exact) mass is 363 g/mol. The van der Waals surface area contributed by atoms with E-state index in [1.54, 1.807) is 55.5 Å². The van der Waals surface area contributed by atoms with Gasteiger partial charge in [0.15, 0.2) is 6.61 Å². The Hall–Kier alpha value is -2.30. The summed E-state index contributed by atoms with van der Waals surface area (Å²) >= 11 is 11.8. The number of rotatable bonds is 5. The maximum absolute atomic E-state index is 11.8. The standard InChI is InChI=1S/C18H15Cl2NO3/c1-12-15(20)6-3-7-16(12)21-17(22)11-24-18(23)9-8-13-4-2-5-14(19)10-13/h2-10H,11H2,1H3,(H,21,22)/b9-8+. The van der Waals surface area contributed by atoms with E-state index >= 15 is 0 Å². The van der Waals surface area contributed by atoms with Gasteiger partial charge < -0.3 is 10.1 Å². The Bertz CT molecular complexity index is 788. The fourth-order valence-electron chi connectivity index (χ4n) is 1.89. The van der Waals surface area contributed by atoms with Crippen molar-refractivity contribution in [2.75, 3.05) is 11.9 Å². The number of amides is 1. The van der Waals surface area contributed by atoms with Crippen LogP contribution in [-0.4, -0.2) is 18.5 Å². The van der Waals surface area contributed by atoms with Gasteiger partial charge in [-0.1, -0.05) is 41.4 Å². The fraction of sp³-hybridized carbons (Fsp3) is 0.111. The Morgan fingerprint density at radius 3 is 2.67 bits per heavy atom. The highest BCUT2D eigenvalue weighted by molar-refractivity contribution is 6.31. The molecule has 0 saturated heterocycles. The summed E-state index contributed by atoms with van der Waals surface area (Å²) in [5.74, 6) is -1.06. The molecule has 0 aromatic heterocycles. The van der Waals surface area contributed by atoms with Crippen molar-refractivity contribution in [2.45, 2.75) is 6.92 Å². The second-order valence-corrected chi connectivity index (χ2v) is 5.80. The van der Waals surface area contributed by atoms with Crippen molar-refractivity contribution in [1.29, 1.82) is 0 Å². The van der Waals surface area contributed by atoms with E-state index in [0.717, 1.165) is 11.1 Å². The number of anilines is 1. The Morgan fingerprint density at radius 1 is 1.17 bits per heavy atom. The zero-order chi connectivity index (χ0) is 17.5. The number of carbonyl (C=O) groups is 2. The lowest BCUT2D eigenvalue weighted by Crippen LogP contribution is -2.20. The number of nitrogens with one attached hydrogen (secondary N) is 1. The van der Waals surface area contributed by atoms with Crippen LogP contribution in [0.15, 0.2) is 48.5 Å². The summed E-state index contributed by atoms with van der Waals surface area (Å²) in [6.07, 6.45) is 2.80. The summed E-state index contributed by atoms with van der Waals surface area (Å²) in [5.41, 5.74) is 2.09. The third-order valence-corrected chi connectivity index (χ3v) is 3.79. The van der Waals surface area contributed by atoms with E-state index in [2.05, 4.69) is 5.32 Å². The quantitative estimate of drug-likeness (QED) is 0.628. The molecule has 0 fully saturated rings. The average molecular weight is 364 g/mol.